The lowest BCUT2D eigenvalue weighted by molar-refractivity contribution is 0.539. The van der Waals surface area contributed by atoms with Crippen molar-refractivity contribution >= 4 is 27.0 Å². The number of hydrogen-bond acceptors (Lipinski definition) is 4. The van der Waals surface area contributed by atoms with Gasteiger partial charge in [0.1, 0.15) is 0 Å². The van der Waals surface area contributed by atoms with Gasteiger partial charge in [-0.05, 0) is 35.6 Å². The van der Waals surface area contributed by atoms with Gasteiger partial charge in [0, 0.05) is 10.6 Å². The summed E-state index contributed by atoms with van der Waals surface area (Å²) in [6.07, 6.45) is 1.71. The molecule has 1 unspecified atom stereocenters. The van der Waals surface area contributed by atoms with Crippen LogP contribution in [0.3, 0.4) is 0 Å². The third kappa shape index (κ3) is 4.84. The molecule has 4 nitrogen and oxygen atoms in total. The lowest BCUT2D eigenvalue weighted by Gasteiger charge is -2.17. The lowest BCUT2D eigenvalue weighted by Crippen LogP contribution is -2.29. The first-order valence-corrected chi connectivity index (χ1v) is 9.41. The summed E-state index contributed by atoms with van der Waals surface area (Å²) in [6, 6.07) is 10.7. The zero-order chi connectivity index (χ0) is 15.3. The molecule has 0 aliphatic carbocycles. The highest BCUT2D eigenvalue weighted by Crippen LogP contribution is 2.24. The first-order valence-electron chi connectivity index (χ1n) is 6.88. The molecule has 0 bridgehead atoms. The largest absolute Gasteiger partial charge is 0.399 e. The Morgan fingerprint density at radius 2 is 2.10 bits per heavy atom. The van der Waals surface area contributed by atoms with Gasteiger partial charge in [0.25, 0.3) is 0 Å². The highest BCUT2D eigenvalue weighted by Gasteiger charge is 2.20. The van der Waals surface area contributed by atoms with Crippen LogP contribution in [0.15, 0.2) is 41.8 Å². The Morgan fingerprint density at radius 1 is 1.29 bits per heavy atom. The summed E-state index contributed by atoms with van der Waals surface area (Å²) in [5.41, 5.74) is 6.96. The van der Waals surface area contributed by atoms with Gasteiger partial charge in [-0.3, -0.25) is 0 Å². The molecule has 1 heterocycles. The normalized spacial score (nSPS) is 13.2. The van der Waals surface area contributed by atoms with Crippen LogP contribution in [0, 0.1) is 0 Å². The molecule has 114 valence electrons. The van der Waals surface area contributed by atoms with Gasteiger partial charge in [0.05, 0.1) is 11.8 Å². The van der Waals surface area contributed by atoms with Crippen molar-refractivity contribution in [2.75, 3.05) is 5.73 Å². The molecule has 6 heteroatoms. The molecule has 0 saturated carbocycles. The highest BCUT2D eigenvalue weighted by atomic mass is 32.2. The number of thiophene rings is 1. The van der Waals surface area contributed by atoms with E-state index in [1.165, 1.54) is 0 Å². The minimum Gasteiger partial charge on any atom is -0.399 e. The Labute approximate surface area is 130 Å². The Balaban J connectivity index is 2.11. The van der Waals surface area contributed by atoms with E-state index < -0.39 is 10.0 Å². The molecular weight excluding hydrogens is 304 g/mol. The van der Waals surface area contributed by atoms with Crippen LogP contribution in [-0.2, 0) is 15.8 Å². The molecule has 0 radical (unpaired) electrons. The predicted molar refractivity (Wildman–Crippen MR) is 88.6 cm³/mol. The average molecular weight is 324 g/mol. The molecule has 1 atom stereocenters. The molecule has 3 N–H and O–H groups in total. The van der Waals surface area contributed by atoms with E-state index in [4.69, 9.17) is 5.73 Å². The van der Waals surface area contributed by atoms with Crippen LogP contribution in [0.25, 0.3) is 0 Å². The predicted octanol–water partition coefficient (Wildman–Crippen LogP) is 3.29. The summed E-state index contributed by atoms with van der Waals surface area (Å²) in [7, 11) is -3.40. The van der Waals surface area contributed by atoms with Gasteiger partial charge >= 0.3 is 0 Å². The molecule has 0 fully saturated rings. The number of nitrogen functional groups attached to an aromatic ring is 1. The molecule has 0 aliphatic heterocycles. The molecule has 2 aromatic rings. The van der Waals surface area contributed by atoms with Crippen LogP contribution >= 0.6 is 11.3 Å². The minimum absolute atomic E-state index is 0.0520. The highest BCUT2D eigenvalue weighted by molar-refractivity contribution is 7.88. The number of rotatable bonds is 7. The van der Waals surface area contributed by atoms with E-state index in [9.17, 15) is 8.42 Å². The fourth-order valence-electron chi connectivity index (χ4n) is 2.20. The van der Waals surface area contributed by atoms with Crippen molar-refractivity contribution in [3.05, 3.63) is 52.2 Å². The van der Waals surface area contributed by atoms with E-state index in [0.717, 1.165) is 17.7 Å². The molecule has 0 amide bonds. The number of benzene rings is 1. The third-order valence-corrected chi connectivity index (χ3v) is 5.44. The fraction of sp³-hybridized carbons (Fsp3) is 0.333. The second-order valence-electron chi connectivity index (χ2n) is 4.98. The van der Waals surface area contributed by atoms with Gasteiger partial charge in [0.2, 0.25) is 10.0 Å². The zero-order valence-electron chi connectivity index (χ0n) is 12.0. The molecule has 1 aromatic heterocycles. The number of nitrogens with one attached hydrogen (secondary N) is 1. The Kier molecular flexibility index (Phi) is 5.39. The molecule has 21 heavy (non-hydrogen) atoms. The van der Waals surface area contributed by atoms with Crippen LogP contribution in [0.2, 0.25) is 0 Å². The molecule has 0 saturated heterocycles. The smallest absolute Gasteiger partial charge is 0.216 e. The number of nitrogens with two attached hydrogens (primary N) is 1. The number of sulfonamides is 1. The summed E-state index contributed by atoms with van der Waals surface area (Å²) in [4.78, 5) is 1.05. The average Bonchev–Trinajstić information content (AvgIpc) is 2.91. The first kappa shape index (κ1) is 16.0. The van der Waals surface area contributed by atoms with Crippen molar-refractivity contribution in [2.24, 2.45) is 0 Å². The summed E-state index contributed by atoms with van der Waals surface area (Å²) in [5.74, 6) is -0.0520. The van der Waals surface area contributed by atoms with Crippen molar-refractivity contribution in [1.29, 1.82) is 0 Å². The molecule has 2 rings (SSSR count). The summed E-state index contributed by atoms with van der Waals surface area (Å²) >= 11 is 1.57. The van der Waals surface area contributed by atoms with Gasteiger partial charge in [-0.25, -0.2) is 13.1 Å². The second-order valence-corrected chi connectivity index (χ2v) is 7.71. The van der Waals surface area contributed by atoms with Crippen LogP contribution < -0.4 is 10.5 Å². The van der Waals surface area contributed by atoms with Crippen molar-refractivity contribution in [3.63, 3.8) is 0 Å². The summed E-state index contributed by atoms with van der Waals surface area (Å²) in [6.45, 7) is 2.05. The van der Waals surface area contributed by atoms with Crippen molar-refractivity contribution in [1.82, 2.24) is 4.72 Å². The topological polar surface area (TPSA) is 72.2 Å². The minimum atomic E-state index is -3.40. The Morgan fingerprint density at radius 3 is 2.71 bits per heavy atom. The second kappa shape index (κ2) is 7.06. The van der Waals surface area contributed by atoms with Gasteiger partial charge in [0.15, 0.2) is 0 Å². The van der Waals surface area contributed by atoms with Crippen molar-refractivity contribution in [3.8, 4) is 0 Å². The SMILES string of the molecule is CCCC(NS(=O)(=O)Cc1cccc(N)c1)c1cccs1. The van der Waals surface area contributed by atoms with Crippen LogP contribution in [0.1, 0.15) is 36.2 Å². The van der Waals surface area contributed by atoms with Crippen LogP contribution in [0.4, 0.5) is 5.69 Å². The Hall–Kier alpha value is -1.37. The summed E-state index contributed by atoms with van der Waals surface area (Å²) in [5, 5.41) is 1.96. The Bertz CT molecular complexity index is 667. The van der Waals surface area contributed by atoms with Crippen molar-refractivity contribution in [2.45, 2.75) is 31.6 Å². The van der Waals surface area contributed by atoms with Gasteiger partial charge in [-0.2, -0.15) is 0 Å². The maximum absolute atomic E-state index is 12.3. The van der Waals surface area contributed by atoms with Gasteiger partial charge < -0.3 is 5.73 Å². The quantitative estimate of drug-likeness (QED) is 0.768. The monoisotopic (exact) mass is 324 g/mol. The fourth-order valence-corrected chi connectivity index (χ4v) is 4.47. The van der Waals surface area contributed by atoms with E-state index in [2.05, 4.69) is 4.72 Å². The van der Waals surface area contributed by atoms with Gasteiger partial charge in [-0.1, -0.05) is 31.5 Å². The number of anilines is 1. The maximum atomic E-state index is 12.3. The van der Waals surface area contributed by atoms with Crippen LogP contribution in [0.5, 0.6) is 0 Å². The lowest BCUT2D eigenvalue weighted by atomic mass is 10.1. The molecule has 1 aromatic carbocycles. The maximum Gasteiger partial charge on any atom is 0.216 e. The van der Waals surface area contributed by atoms with E-state index in [1.54, 1.807) is 35.6 Å². The first-order chi connectivity index (χ1) is 10.00. The molecule has 0 spiro atoms. The molecule has 0 aliphatic rings. The van der Waals surface area contributed by atoms with Crippen LogP contribution in [-0.4, -0.2) is 8.42 Å². The zero-order valence-corrected chi connectivity index (χ0v) is 13.6. The van der Waals surface area contributed by atoms with Crippen molar-refractivity contribution < 1.29 is 8.42 Å². The van der Waals surface area contributed by atoms with E-state index >= 15 is 0 Å². The summed E-state index contributed by atoms with van der Waals surface area (Å²) < 4.78 is 27.5. The molecular formula is C15H20N2O2S2. The third-order valence-electron chi connectivity index (χ3n) is 3.09. The van der Waals surface area contributed by atoms with E-state index in [1.807, 2.05) is 24.4 Å². The van der Waals surface area contributed by atoms with E-state index in [-0.39, 0.29) is 11.8 Å². The number of hydrogen-bond donors (Lipinski definition) is 2. The van der Waals surface area contributed by atoms with Gasteiger partial charge in [-0.15, -0.1) is 11.3 Å². The standard InChI is InChI=1S/C15H20N2O2S2/c1-2-5-14(15-8-4-9-20-15)17-21(18,19)11-12-6-3-7-13(16)10-12/h3-4,6-10,14,17H,2,5,11,16H2,1H3. The van der Waals surface area contributed by atoms with E-state index in [0.29, 0.717) is 11.3 Å².